The number of hydrogen-bond acceptors (Lipinski definition) is 7. The fraction of sp³-hybridized carbons (Fsp3) is 0.333. The molecule has 0 spiro atoms. The molecule has 0 aliphatic carbocycles. The summed E-state index contributed by atoms with van der Waals surface area (Å²) >= 11 is 0. The van der Waals surface area contributed by atoms with Crippen LogP contribution in [0.5, 0.6) is 0 Å². The highest BCUT2D eigenvalue weighted by Gasteiger charge is 2.25. The molecular formula is C18H22N6O5S. The summed E-state index contributed by atoms with van der Waals surface area (Å²) in [6.45, 7) is 5.17. The number of amides is 3. The van der Waals surface area contributed by atoms with Gasteiger partial charge in [0.2, 0.25) is 0 Å². The predicted molar refractivity (Wildman–Crippen MR) is 110 cm³/mol. The summed E-state index contributed by atoms with van der Waals surface area (Å²) in [7, 11) is -2.57. The lowest BCUT2D eigenvalue weighted by Crippen LogP contribution is -2.39. The van der Waals surface area contributed by atoms with E-state index in [4.69, 9.17) is 4.74 Å². The summed E-state index contributed by atoms with van der Waals surface area (Å²) in [5, 5.41) is 2.68. The maximum absolute atomic E-state index is 12.3. The van der Waals surface area contributed by atoms with E-state index in [1.54, 1.807) is 50.7 Å². The van der Waals surface area contributed by atoms with Crippen LogP contribution in [0.2, 0.25) is 0 Å². The van der Waals surface area contributed by atoms with Crippen molar-refractivity contribution in [2.45, 2.75) is 32.9 Å². The molecule has 1 aliphatic heterocycles. The molecule has 0 saturated carbocycles. The van der Waals surface area contributed by atoms with Crippen LogP contribution in [0.15, 0.2) is 30.6 Å². The zero-order valence-corrected chi connectivity index (χ0v) is 17.7. The second-order valence-corrected chi connectivity index (χ2v) is 9.04. The van der Waals surface area contributed by atoms with Gasteiger partial charge in [-0.1, -0.05) is 12.1 Å². The first-order valence-electron chi connectivity index (χ1n) is 8.93. The van der Waals surface area contributed by atoms with E-state index >= 15 is 0 Å². The van der Waals surface area contributed by atoms with Crippen LogP contribution in [0.1, 0.15) is 26.3 Å². The molecule has 1 aliphatic rings. The monoisotopic (exact) mass is 434 g/mol. The Morgan fingerprint density at radius 2 is 2.00 bits per heavy atom. The van der Waals surface area contributed by atoms with E-state index in [-0.39, 0.29) is 11.7 Å². The normalized spacial score (nSPS) is 13.9. The van der Waals surface area contributed by atoms with Gasteiger partial charge in [0.05, 0.1) is 17.9 Å². The van der Waals surface area contributed by atoms with Crippen LogP contribution < -0.4 is 14.8 Å². The number of nitrogens with zero attached hydrogens (tertiary/aromatic N) is 3. The van der Waals surface area contributed by atoms with Crippen LogP contribution in [-0.4, -0.2) is 48.1 Å². The highest BCUT2D eigenvalue weighted by atomic mass is 32.2. The molecule has 3 amide bonds. The summed E-state index contributed by atoms with van der Waals surface area (Å²) in [4.78, 5) is 33.4. The number of carbonyl (C=O) groups is 2. The van der Waals surface area contributed by atoms with Crippen molar-refractivity contribution in [1.29, 1.82) is 0 Å². The second kappa shape index (κ2) is 7.78. The van der Waals surface area contributed by atoms with Crippen LogP contribution in [0, 0.1) is 0 Å². The average molecular weight is 434 g/mol. The van der Waals surface area contributed by atoms with Gasteiger partial charge in [0.1, 0.15) is 17.7 Å². The minimum Gasteiger partial charge on any atom is -0.443 e. The van der Waals surface area contributed by atoms with Gasteiger partial charge in [0.25, 0.3) is 0 Å². The smallest absolute Gasteiger partial charge is 0.422 e. The van der Waals surface area contributed by atoms with Gasteiger partial charge in [-0.15, -0.1) is 0 Å². The van der Waals surface area contributed by atoms with Crippen LogP contribution in [0.4, 0.5) is 21.1 Å². The Morgan fingerprint density at radius 3 is 2.70 bits per heavy atom. The van der Waals surface area contributed by atoms with Gasteiger partial charge in [-0.3, -0.25) is 10.0 Å². The minimum absolute atomic E-state index is 0.212. The highest BCUT2D eigenvalue weighted by molar-refractivity contribution is 7.91. The number of benzene rings is 1. The van der Waals surface area contributed by atoms with Gasteiger partial charge in [0.15, 0.2) is 0 Å². The van der Waals surface area contributed by atoms with E-state index in [1.165, 1.54) is 17.3 Å². The third-order valence-electron chi connectivity index (χ3n) is 3.92. The van der Waals surface area contributed by atoms with Gasteiger partial charge < -0.3 is 9.64 Å². The Morgan fingerprint density at radius 1 is 1.27 bits per heavy atom. The fourth-order valence-electron chi connectivity index (χ4n) is 2.74. The predicted octanol–water partition coefficient (Wildman–Crippen LogP) is 2.30. The molecule has 30 heavy (non-hydrogen) atoms. The molecule has 3 rings (SSSR count). The molecular weight excluding hydrogens is 412 g/mol. The third-order valence-corrected chi connectivity index (χ3v) is 4.86. The summed E-state index contributed by atoms with van der Waals surface area (Å²) in [5.74, 6) is 0.403. The molecule has 12 heteroatoms. The van der Waals surface area contributed by atoms with Gasteiger partial charge in [-0.2, -0.15) is 8.42 Å². The zero-order chi connectivity index (χ0) is 22.1. The Hall–Kier alpha value is -3.41. The Labute approximate surface area is 174 Å². The van der Waals surface area contributed by atoms with E-state index in [9.17, 15) is 18.0 Å². The van der Waals surface area contributed by atoms with Crippen LogP contribution in [-0.2, 0) is 21.5 Å². The number of ether oxygens (including phenoxy) is 1. The molecule has 0 fully saturated rings. The highest BCUT2D eigenvalue weighted by Crippen LogP contribution is 2.30. The largest absolute Gasteiger partial charge is 0.443 e. The first kappa shape index (κ1) is 21.3. The minimum atomic E-state index is -4.21. The van der Waals surface area contributed by atoms with Crippen molar-refractivity contribution in [3.05, 3.63) is 36.2 Å². The molecule has 0 atom stereocenters. The van der Waals surface area contributed by atoms with Crippen LogP contribution in [0.3, 0.4) is 0 Å². The van der Waals surface area contributed by atoms with E-state index in [2.05, 4.69) is 20.0 Å². The van der Waals surface area contributed by atoms with Crippen molar-refractivity contribution in [3.63, 3.8) is 0 Å². The molecule has 2 aromatic rings. The van der Waals surface area contributed by atoms with Crippen LogP contribution in [0.25, 0.3) is 11.3 Å². The van der Waals surface area contributed by atoms with Crippen molar-refractivity contribution in [2.75, 3.05) is 17.1 Å². The summed E-state index contributed by atoms with van der Waals surface area (Å²) in [5.41, 5.74) is 1.23. The number of rotatable bonds is 4. The summed E-state index contributed by atoms with van der Waals surface area (Å²) in [6.07, 6.45) is 0.232. The van der Waals surface area contributed by atoms with Crippen LogP contribution >= 0.6 is 0 Å². The van der Waals surface area contributed by atoms with Crippen molar-refractivity contribution in [1.82, 2.24) is 19.6 Å². The molecule has 2 heterocycles. The quantitative estimate of drug-likeness (QED) is 0.670. The molecule has 160 valence electrons. The lowest BCUT2D eigenvalue weighted by Gasteiger charge is -2.26. The topological polar surface area (TPSA) is 143 Å². The maximum Gasteiger partial charge on any atom is 0.422 e. The average Bonchev–Trinajstić information content (AvgIpc) is 2.59. The molecule has 0 bridgehead atoms. The van der Waals surface area contributed by atoms with Crippen molar-refractivity contribution in [2.24, 2.45) is 0 Å². The summed E-state index contributed by atoms with van der Waals surface area (Å²) < 4.78 is 33.5. The van der Waals surface area contributed by atoms with E-state index < -0.39 is 21.9 Å². The lowest BCUT2D eigenvalue weighted by atomic mass is 10.0. The van der Waals surface area contributed by atoms with Crippen molar-refractivity contribution >= 4 is 33.8 Å². The first-order chi connectivity index (χ1) is 13.9. The third kappa shape index (κ3) is 5.14. The number of nitrogens with one attached hydrogen (secondary N) is 3. The Bertz CT molecular complexity index is 1100. The van der Waals surface area contributed by atoms with Crippen molar-refractivity contribution < 1.29 is 22.7 Å². The van der Waals surface area contributed by atoms with Gasteiger partial charge in [-0.05, 0) is 32.9 Å². The molecule has 0 saturated heterocycles. The van der Waals surface area contributed by atoms with Gasteiger partial charge >= 0.3 is 22.3 Å². The number of aromatic nitrogens is 2. The molecule has 1 aromatic heterocycles. The Balaban J connectivity index is 1.84. The van der Waals surface area contributed by atoms with E-state index in [1.807, 2.05) is 0 Å². The fourth-order valence-corrected chi connectivity index (χ4v) is 3.49. The number of anilines is 2. The standard InChI is InChI=1S/C18H22N6O5S/c1-18(2,3)29-17(26)23-30(27,28)22-12-7-5-6-11(8-12)14-13-9-24(4)16(25)21-15(13)20-10-19-14/h5-8,10,22H,9H2,1-4H3,(H,23,26)(H,19,20,21,25). The number of fused-ring (bicyclic) bond motifs is 1. The summed E-state index contributed by atoms with van der Waals surface area (Å²) in [6, 6.07) is 6.20. The lowest BCUT2D eigenvalue weighted by molar-refractivity contribution is 0.0570. The first-order valence-corrected chi connectivity index (χ1v) is 10.4. The molecule has 0 radical (unpaired) electrons. The molecule has 0 unspecified atom stereocenters. The number of carbonyl (C=O) groups excluding carboxylic acids is 2. The molecule has 3 N–H and O–H groups in total. The number of hydrogen-bond donors (Lipinski definition) is 3. The van der Waals surface area contributed by atoms with Crippen molar-refractivity contribution in [3.8, 4) is 11.3 Å². The second-order valence-electron chi connectivity index (χ2n) is 7.63. The zero-order valence-electron chi connectivity index (χ0n) is 16.9. The van der Waals surface area contributed by atoms with Gasteiger partial charge in [-0.25, -0.2) is 24.3 Å². The Kier molecular flexibility index (Phi) is 5.53. The molecule has 1 aromatic carbocycles. The maximum atomic E-state index is 12.3. The SMILES string of the molecule is CN1Cc2c(ncnc2-c2cccc(NS(=O)(=O)NC(=O)OC(C)(C)C)c2)NC1=O. The number of urea groups is 1. The van der Waals surface area contributed by atoms with Gasteiger partial charge in [0, 0.05) is 18.2 Å². The van der Waals surface area contributed by atoms with E-state index in [0.29, 0.717) is 29.2 Å². The molecule has 11 nitrogen and oxygen atoms in total. The van der Waals surface area contributed by atoms with E-state index in [0.717, 1.165) is 0 Å².